The van der Waals surface area contributed by atoms with Crippen LogP contribution in [0.3, 0.4) is 0 Å². The van der Waals surface area contributed by atoms with Gasteiger partial charge in [-0.3, -0.25) is 4.79 Å². The molecule has 5 amide bonds. The summed E-state index contributed by atoms with van der Waals surface area (Å²) >= 11 is 0. The lowest BCUT2D eigenvalue weighted by molar-refractivity contribution is -0.134. The number of ether oxygens (including phenoxy) is 1. The molecule has 11 heteroatoms. The predicted octanol–water partition coefficient (Wildman–Crippen LogP) is 4.59. The summed E-state index contributed by atoms with van der Waals surface area (Å²) in [5.74, 6) is -0.273. The van der Waals surface area contributed by atoms with Crippen LogP contribution in [0.4, 0.5) is 25.4 Å². The van der Waals surface area contributed by atoms with Crippen LogP contribution in [0.5, 0.6) is 5.75 Å². The first-order valence-electron chi connectivity index (χ1n) is 14.7. The Morgan fingerprint density at radius 1 is 1.10 bits per heavy atom. The predicted molar refractivity (Wildman–Crippen MR) is 159 cm³/mol. The minimum atomic E-state index is -0.500. The highest BCUT2D eigenvalue weighted by Crippen LogP contribution is 2.29. The highest BCUT2D eigenvalue weighted by Gasteiger charge is 2.32. The lowest BCUT2D eigenvalue weighted by Crippen LogP contribution is -2.48. The fraction of sp³-hybridized carbons (Fsp3) is 0.516. The molecule has 1 aliphatic heterocycles. The number of aliphatic hydroxyl groups is 1. The summed E-state index contributed by atoms with van der Waals surface area (Å²) in [6.07, 6.45) is 4.87. The molecule has 2 aromatic carbocycles. The van der Waals surface area contributed by atoms with E-state index in [1.54, 1.807) is 37.1 Å². The summed E-state index contributed by atoms with van der Waals surface area (Å²) < 4.78 is 19.7. The Hall–Kier alpha value is -3.86. The van der Waals surface area contributed by atoms with Gasteiger partial charge >= 0.3 is 12.1 Å². The molecule has 0 bridgehead atoms. The van der Waals surface area contributed by atoms with E-state index in [1.807, 2.05) is 6.92 Å². The Balaban J connectivity index is 1.53. The number of likely N-dealkylation sites (N-methyl/N-ethyl adjacent to an activating group) is 1. The van der Waals surface area contributed by atoms with Gasteiger partial charge in [-0.1, -0.05) is 26.2 Å². The standard InChI is InChI=1S/C31H42FN5O5/c1-20-17-37(21(2)19-38)29(39)16-22-15-26(34-30(40)33-24-7-5-4-6-8-24)13-14-27(22)42-28(20)18-36(3)31(41)35-25-11-9-23(32)10-12-25/h9-15,20-21,24,28,38H,4-8,16-19H2,1-3H3,(H,35,41)(H2,33,34,40)/t20-,21+,28+/m1/s1. The number of nitrogens with zero attached hydrogens (tertiary/aromatic N) is 2. The third kappa shape index (κ3) is 8.34. The van der Waals surface area contributed by atoms with E-state index in [2.05, 4.69) is 16.0 Å². The monoisotopic (exact) mass is 583 g/mol. The van der Waals surface area contributed by atoms with E-state index in [0.717, 1.165) is 25.7 Å². The number of anilines is 2. The van der Waals surface area contributed by atoms with Crippen LogP contribution in [0.15, 0.2) is 42.5 Å². The molecule has 1 heterocycles. The summed E-state index contributed by atoms with van der Waals surface area (Å²) in [5, 5.41) is 18.6. The minimum Gasteiger partial charge on any atom is -0.488 e. The zero-order valence-electron chi connectivity index (χ0n) is 24.6. The van der Waals surface area contributed by atoms with Crippen molar-refractivity contribution in [2.24, 2.45) is 5.92 Å². The number of carbonyl (C=O) groups excluding carboxylic acids is 3. The first-order chi connectivity index (χ1) is 20.1. The summed E-state index contributed by atoms with van der Waals surface area (Å²) in [5.41, 5.74) is 1.60. The van der Waals surface area contributed by atoms with E-state index in [9.17, 15) is 23.9 Å². The van der Waals surface area contributed by atoms with Crippen LogP contribution in [-0.2, 0) is 11.2 Å². The van der Waals surface area contributed by atoms with Gasteiger partial charge in [-0.05, 0) is 62.2 Å². The van der Waals surface area contributed by atoms with Crippen molar-refractivity contribution in [1.82, 2.24) is 15.1 Å². The highest BCUT2D eigenvalue weighted by atomic mass is 19.1. The average Bonchev–Trinajstić information content (AvgIpc) is 3.01. The molecule has 3 atom stereocenters. The highest BCUT2D eigenvalue weighted by molar-refractivity contribution is 5.90. The van der Waals surface area contributed by atoms with Gasteiger partial charge in [-0.15, -0.1) is 0 Å². The van der Waals surface area contributed by atoms with E-state index in [0.29, 0.717) is 29.2 Å². The maximum atomic E-state index is 13.4. The van der Waals surface area contributed by atoms with Crippen LogP contribution in [0, 0.1) is 11.7 Å². The van der Waals surface area contributed by atoms with E-state index >= 15 is 0 Å². The molecular formula is C31H42FN5O5. The van der Waals surface area contributed by atoms with Crippen LogP contribution >= 0.6 is 0 Å². The number of carbonyl (C=O) groups is 3. The van der Waals surface area contributed by atoms with Gasteiger partial charge in [0.1, 0.15) is 17.7 Å². The maximum absolute atomic E-state index is 13.4. The number of nitrogens with one attached hydrogen (secondary N) is 3. The fourth-order valence-corrected chi connectivity index (χ4v) is 5.43. The van der Waals surface area contributed by atoms with E-state index in [1.165, 1.54) is 35.6 Å². The summed E-state index contributed by atoms with van der Waals surface area (Å²) in [4.78, 5) is 42.2. The second kappa shape index (κ2) is 14.4. The normalized spacial score (nSPS) is 20.2. The topological polar surface area (TPSA) is 123 Å². The van der Waals surface area contributed by atoms with Gasteiger partial charge in [-0.25, -0.2) is 14.0 Å². The minimum absolute atomic E-state index is 0.0275. The number of fused-ring (bicyclic) bond motifs is 1. The number of aliphatic hydroxyl groups excluding tert-OH is 1. The lowest BCUT2D eigenvalue weighted by atomic mass is 9.96. The quantitative estimate of drug-likeness (QED) is 0.380. The lowest BCUT2D eigenvalue weighted by Gasteiger charge is -2.34. The van der Waals surface area contributed by atoms with Crippen LogP contribution < -0.4 is 20.7 Å². The smallest absolute Gasteiger partial charge is 0.321 e. The molecule has 228 valence electrons. The van der Waals surface area contributed by atoms with E-state index in [-0.39, 0.29) is 43.5 Å². The van der Waals surface area contributed by atoms with Gasteiger partial charge < -0.3 is 35.6 Å². The molecule has 0 radical (unpaired) electrons. The first kappa shape index (κ1) is 31.1. The zero-order valence-corrected chi connectivity index (χ0v) is 24.6. The van der Waals surface area contributed by atoms with Crippen molar-refractivity contribution >= 4 is 29.3 Å². The van der Waals surface area contributed by atoms with Gasteiger partial charge in [0.15, 0.2) is 0 Å². The molecule has 1 aliphatic carbocycles. The van der Waals surface area contributed by atoms with Gasteiger partial charge in [-0.2, -0.15) is 0 Å². The second-order valence-electron chi connectivity index (χ2n) is 11.5. The first-order valence-corrected chi connectivity index (χ1v) is 14.7. The molecule has 10 nitrogen and oxygen atoms in total. The number of amides is 5. The second-order valence-corrected chi connectivity index (χ2v) is 11.5. The summed E-state index contributed by atoms with van der Waals surface area (Å²) in [7, 11) is 1.64. The van der Waals surface area contributed by atoms with E-state index in [4.69, 9.17) is 4.74 Å². The van der Waals surface area contributed by atoms with Crippen molar-refractivity contribution in [3.05, 3.63) is 53.8 Å². The SMILES string of the molecule is C[C@@H]1CN([C@@H](C)CO)C(=O)Cc2cc(NC(=O)NC3CCCCC3)ccc2O[C@H]1CN(C)C(=O)Nc1ccc(F)cc1. The summed E-state index contributed by atoms with van der Waals surface area (Å²) in [6, 6.07) is 9.80. The van der Waals surface area contributed by atoms with Crippen LogP contribution in [-0.4, -0.2) is 77.8 Å². The zero-order chi connectivity index (χ0) is 30.2. The number of halogens is 1. The Bertz CT molecular complexity index is 1240. The third-order valence-electron chi connectivity index (χ3n) is 8.01. The van der Waals surface area contributed by atoms with Gasteiger partial charge in [0.05, 0.1) is 25.6 Å². The fourth-order valence-electron chi connectivity index (χ4n) is 5.43. The van der Waals surface area contributed by atoms with Crippen molar-refractivity contribution in [2.45, 2.75) is 70.6 Å². The van der Waals surface area contributed by atoms with Crippen molar-refractivity contribution < 1.29 is 28.6 Å². The molecule has 1 fully saturated rings. The third-order valence-corrected chi connectivity index (χ3v) is 8.01. The molecule has 2 aromatic rings. The molecular weight excluding hydrogens is 541 g/mol. The number of urea groups is 2. The van der Waals surface area contributed by atoms with E-state index < -0.39 is 24.0 Å². The summed E-state index contributed by atoms with van der Waals surface area (Å²) in [6.45, 7) is 4.06. The molecule has 0 spiro atoms. The van der Waals surface area contributed by atoms with Crippen LogP contribution in [0.1, 0.15) is 51.5 Å². The Kier molecular flexibility index (Phi) is 10.6. The molecule has 0 unspecified atom stereocenters. The molecule has 4 N–H and O–H groups in total. The number of benzene rings is 2. The Morgan fingerprint density at radius 2 is 1.79 bits per heavy atom. The molecule has 0 aromatic heterocycles. The number of hydrogen-bond acceptors (Lipinski definition) is 5. The number of hydrogen-bond donors (Lipinski definition) is 4. The van der Waals surface area contributed by atoms with Crippen LogP contribution in [0.2, 0.25) is 0 Å². The van der Waals surface area contributed by atoms with Gasteiger partial charge in [0.2, 0.25) is 5.91 Å². The van der Waals surface area contributed by atoms with Crippen molar-refractivity contribution in [2.75, 3.05) is 37.4 Å². The maximum Gasteiger partial charge on any atom is 0.321 e. The molecule has 1 saturated carbocycles. The number of rotatable bonds is 7. The molecule has 42 heavy (non-hydrogen) atoms. The van der Waals surface area contributed by atoms with Gasteiger partial charge in [0.25, 0.3) is 0 Å². The van der Waals surface area contributed by atoms with Crippen molar-refractivity contribution in [1.29, 1.82) is 0 Å². The molecule has 4 rings (SSSR count). The van der Waals surface area contributed by atoms with Crippen molar-refractivity contribution in [3.63, 3.8) is 0 Å². The van der Waals surface area contributed by atoms with Crippen molar-refractivity contribution in [3.8, 4) is 5.75 Å². The molecule has 0 saturated heterocycles. The largest absolute Gasteiger partial charge is 0.488 e. The van der Waals surface area contributed by atoms with Crippen LogP contribution in [0.25, 0.3) is 0 Å². The Morgan fingerprint density at radius 3 is 2.48 bits per heavy atom. The Labute approximate surface area is 246 Å². The van der Waals surface area contributed by atoms with Gasteiger partial charge in [0, 0.05) is 42.5 Å². The molecule has 2 aliphatic rings. The average molecular weight is 584 g/mol.